The maximum Gasteiger partial charge on any atom is 0.342 e. The molecule has 18 heavy (non-hydrogen) atoms. The number of hydrogen-bond donors (Lipinski definition) is 1. The molecule has 2 aromatic rings. The minimum Gasteiger partial charge on any atom is -0.462 e. The summed E-state index contributed by atoms with van der Waals surface area (Å²) in [5, 5.41) is 9.31. The zero-order chi connectivity index (χ0) is 12.5. The van der Waals surface area contributed by atoms with Gasteiger partial charge in [0.25, 0.3) is 0 Å². The Morgan fingerprint density at radius 2 is 2.44 bits per heavy atom. The summed E-state index contributed by atoms with van der Waals surface area (Å²) in [6.45, 7) is 2.21. The highest BCUT2D eigenvalue weighted by Gasteiger charge is 2.33. The molecular formula is C13H14N2O2S. The Kier molecular flexibility index (Phi) is 2.91. The van der Waals surface area contributed by atoms with Crippen molar-refractivity contribution in [3.05, 3.63) is 28.8 Å². The van der Waals surface area contributed by atoms with Crippen molar-refractivity contribution in [2.75, 3.05) is 6.61 Å². The van der Waals surface area contributed by atoms with E-state index in [1.807, 2.05) is 24.4 Å². The summed E-state index contributed by atoms with van der Waals surface area (Å²) < 4.78 is 5.15. The molecule has 4 nitrogen and oxygen atoms in total. The van der Waals surface area contributed by atoms with E-state index in [1.54, 1.807) is 11.3 Å². The first kappa shape index (κ1) is 11.5. The van der Waals surface area contributed by atoms with Gasteiger partial charge in [-0.15, -0.1) is 11.3 Å². The quantitative estimate of drug-likeness (QED) is 0.861. The van der Waals surface area contributed by atoms with Gasteiger partial charge in [0, 0.05) is 5.92 Å². The number of esters is 1. The summed E-state index contributed by atoms with van der Waals surface area (Å²) in [5.74, 6) is 0.183. The molecule has 5 heteroatoms. The lowest BCUT2D eigenvalue weighted by Gasteiger charge is -2.03. The van der Waals surface area contributed by atoms with Crippen LogP contribution < -0.4 is 0 Å². The van der Waals surface area contributed by atoms with Crippen molar-refractivity contribution in [1.82, 2.24) is 10.2 Å². The van der Waals surface area contributed by atoms with E-state index in [1.165, 1.54) is 0 Å². The van der Waals surface area contributed by atoms with Crippen molar-refractivity contribution in [3.63, 3.8) is 0 Å². The van der Waals surface area contributed by atoms with E-state index in [0.29, 0.717) is 18.1 Å². The van der Waals surface area contributed by atoms with Crippen molar-refractivity contribution < 1.29 is 9.53 Å². The third-order valence-corrected chi connectivity index (χ3v) is 3.89. The van der Waals surface area contributed by atoms with Gasteiger partial charge in [-0.25, -0.2) is 4.79 Å². The molecule has 0 aliphatic heterocycles. The number of rotatable bonds is 4. The normalized spacial score (nSPS) is 14.7. The van der Waals surface area contributed by atoms with Crippen molar-refractivity contribution >= 4 is 17.3 Å². The fourth-order valence-electron chi connectivity index (χ4n) is 2.02. The Bertz CT molecular complexity index is 556. The van der Waals surface area contributed by atoms with Gasteiger partial charge in [-0.3, -0.25) is 5.10 Å². The van der Waals surface area contributed by atoms with Crippen molar-refractivity contribution in [2.24, 2.45) is 0 Å². The standard InChI is InChI=1S/C13H14N2O2S/c1-2-17-13(16)10-11(8-5-6-8)14-15-12(10)9-4-3-7-18-9/h3-4,7-8H,2,5-6H2,1H3,(H,14,15). The molecule has 0 aromatic carbocycles. The van der Waals surface area contributed by atoms with Gasteiger partial charge < -0.3 is 4.74 Å². The molecule has 1 aliphatic rings. The summed E-state index contributed by atoms with van der Waals surface area (Å²) in [7, 11) is 0. The van der Waals surface area contributed by atoms with Crippen molar-refractivity contribution in [1.29, 1.82) is 0 Å². The maximum absolute atomic E-state index is 12.1. The van der Waals surface area contributed by atoms with Crippen LogP contribution in [-0.2, 0) is 4.74 Å². The molecule has 1 fully saturated rings. The van der Waals surface area contributed by atoms with Gasteiger partial charge in [0.05, 0.1) is 17.2 Å². The van der Waals surface area contributed by atoms with Crippen LogP contribution in [-0.4, -0.2) is 22.8 Å². The highest BCUT2D eigenvalue weighted by Crippen LogP contribution is 2.43. The number of nitrogens with one attached hydrogen (secondary N) is 1. The van der Waals surface area contributed by atoms with Gasteiger partial charge in [-0.1, -0.05) is 6.07 Å². The first-order valence-electron chi connectivity index (χ1n) is 6.10. The second-order valence-corrected chi connectivity index (χ2v) is 5.28. The van der Waals surface area contributed by atoms with Gasteiger partial charge in [-0.2, -0.15) is 5.10 Å². The van der Waals surface area contributed by atoms with E-state index in [0.717, 1.165) is 29.1 Å². The van der Waals surface area contributed by atoms with E-state index in [9.17, 15) is 4.79 Å². The summed E-state index contributed by atoms with van der Waals surface area (Å²) in [6, 6.07) is 3.93. The molecule has 3 rings (SSSR count). The molecule has 0 spiro atoms. The third-order valence-electron chi connectivity index (χ3n) is 3.01. The third kappa shape index (κ3) is 1.95. The smallest absolute Gasteiger partial charge is 0.342 e. The van der Waals surface area contributed by atoms with Gasteiger partial charge in [0.1, 0.15) is 11.3 Å². The Morgan fingerprint density at radius 1 is 1.61 bits per heavy atom. The zero-order valence-electron chi connectivity index (χ0n) is 10.1. The lowest BCUT2D eigenvalue weighted by atomic mass is 10.1. The predicted molar refractivity (Wildman–Crippen MR) is 69.8 cm³/mol. The molecule has 0 bridgehead atoms. The Hall–Kier alpha value is -1.62. The minimum atomic E-state index is -0.267. The van der Waals surface area contributed by atoms with E-state index in [2.05, 4.69) is 10.2 Å². The number of aromatic nitrogens is 2. The Labute approximate surface area is 109 Å². The fraction of sp³-hybridized carbons (Fsp3) is 0.385. The van der Waals surface area contributed by atoms with Gasteiger partial charge >= 0.3 is 5.97 Å². The van der Waals surface area contributed by atoms with Crippen LogP contribution in [0.1, 0.15) is 41.7 Å². The molecule has 2 aromatic heterocycles. The van der Waals surface area contributed by atoms with Gasteiger partial charge in [0.15, 0.2) is 0 Å². The Balaban J connectivity index is 2.06. The number of aromatic amines is 1. The predicted octanol–water partition coefficient (Wildman–Crippen LogP) is 3.19. The maximum atomic E-state index is 12.1. The van der Waals surface area contributed by atoms with Crippen LogP contribution >= 0.6 is 11.3 Å². The number of ether oxygens (including phenoxy) is 1. The SMILES string of the molecule is CCOC(=O)c1c(-c2cccs2)n[nH]c1C1CC1. The lowest BCUT2D eigenvalue weighted by Crippen LogP contribution is -2.07. The van der Waals surface area contributed by atoms with E-state index in [-0.39, 0.29) is 5.97 Å². The van der Waals surface area contributed by atoms with Crippen molar-refractivity contribution in [3.8, 4) is 10.6 Å². The van der Waals surface area contributed by atoms with E-state index in [4.69, 9.17) is 4.74 Å². The molecular weight excluding hydrogens is 248 g/mol. The van der Waals surface area contributed by atoms with Crippen LogP contribution in [0.5, 0.6) is 0 Å². The summed E-state index contributed by atoms with van der Waals surface area (Å²) in [5.41, 5.74) is 2.30. The van der Waals surface area contributed by atoms with E-state index < -0.39 is 0 Å². The Morgan fingerprint density at radius 3 is 3.06 bits per heavy atom. The highest BCUT2D eigenvalue weighted by molar-refractivity contribution is 7.13. The van der Waals surface area contributed by atoms with Crippen LogP contribution in [0.3, 0.4) is 0 Å². The summed E-state index contributed by atoms with van der Waals surface area (Å²) >= 11 is 1.58. The second kappa shape index (κ2) is 4.57. The number of carbonyl (C=O) groups is 1. The topological polar surface area (TPSA) is 55.0 Å². The molecule has 0 saturated heterocycles. The molecule has 1 saturated carbocycles. The number of hydrogen-bond acceptors (Lipinski definition) is 4. The molecule has 1 aliphatic carbocycles. The molecule has 0 amide bonds. The van der Waals surface area contributed by atoms with Gasteiger partial charge in [0.2, 0.25) is 0 Å². The minimum absolute atomic E-state index is 0.267. The average Bonchev–Trinajstić information content (AvgIpc) is 2.92. The average molecular weight is 262 g/mol. The molecule has 94 valence electrons. The van der Waals surface area contributed by atoms with Crippen LogP contribution in [0.25, 0.3) is 10.6 Å². The van der Waals surface area contributed by atoms with Crippen LogP contribution in [0.2, 0.25) is 0 Å². The van der Waals surface area contributed by atoms with E-state index >= 15 is 0 Å². The first-order chi connectivity index (χ1) is 8.81. The van der Waals surface area contributed by atoms with Crippen molar-refractivity contribution in [2.45, 2.75) is 25.7 Å². The molecule has 2 heterocycles. The molecule has 0 unspecified atom stereocenters. The summed E-state index contributed by atoms with van der Waals surface area (Å²) in [4.78, 5) is 13.1. The number of thiophene rings is 1. The molecule has 1 N–H and O–H groups in total. The number of nitrogens with zero attached hydrogens (tertiary/aromatic N) is 1. The number of H-pyrrole nitrogens is 1. The zero-order valence-corrected chi connectivity index (χ0v) is 10.9. The highest BCUT2D eigenvalue weighted by atomic mass is 32.1. The van der Waals surface area contributed by atoms with Crippen LogP contribution in [0.4, 0.5) is 0 Å². The lowest BCUT2D eigenvalue weighted by molar-refractivity contribution is 0.0526. The fourth-order valence-corrected chi connectivity index (χ4v) is 2.74. The second-order valence-electron chi connectivity index (χ2n) is 4.33. The summed E-state index contributed by atoms with van der Waals surface area (Å²) in [6.07, 6.45) is 2.25. The largest absolute Gasteiger partial charge is 0.462 e. The first-order valence-corrected chi connectivity index (χ1v) is 6.98. The van der Waals surface area contributed by atoms with Crippen LogP contribution in [0, 0.1) is 0 Å². The van der Waals surface area contributed by atoms with Crippen LogP contribution in [0.15, 0.2) is 17.5 Å². The monoisotopic (exact) mass is 262 g/mol. The molecule has 0 atom stereocenters. The number of carbonyl (C=O) groups excluding carboxylic acids is 1. The van der Waals surface area contributed by atoms with Gasteiger partial charge in [-0.05, 0) is 31.2 Å². The molecule has 0 radical (unpaired) electrons.